The summed E-state index contributed by atoms with van der Waals surface area (Å²) in [6, 6.07) is 12.7. The van der Waals surface area contributed by atoms with Crippen LogP contribution in [0.1, 0.15) is 23.1 Å². The summed E-state index contributed by atoms with van der Waals surface area (Å²) in [7, 11) is 0. The minimum absolute atomic E-state index is 0.0360. The third-order valence-corrected chi connectivity index (χ3v) is 8.10. The third-order valence-electron chi connectivity index (χ3n) is 4.79. The van der Waals surface area contributed by atoms with Crippen molar-refractivity contribution in [2.45, 2.75) is 23.0 Å². The molecule has 0 fully saturated rings. The predicted octanol–water partition coefficient (Wildman–Crippen LogP) is 4.56. The topological polar surface area (TPSA) is 158 Å². The number of nitrogens with one attached hydrogen (secondary N) is 2. The van der Waals surface area contributed by atoms with Gasteiger partial charge in [0.25, 0.3) is 11.6 Å². The summed E-state index contributed by atoms with van der Waals surface area (Å²) in [5.74, 6) is 0.672. The molecule has 38 heavy (non-hydrogen) atoms. The van der Waals surface area contributed by atoms with E-state index in [1.807, 2.05) is 31.2 Å². The van der Waals surface area contributed by atoms with Crippen molar-refractivity contribution >= 4 is 73.4 Å². The number of anilines is 1. The average molecular weight is 636 g/mol. The lowest BCUT2D eigenvalue weighted by Crippen LogP contribution is -2.24. The molecule has 0 atom stereocenters. The summed E-state index contributed by atoms with van der Waals surface area (Å²) in [6.07, 6.45) is 0. The first-order chi connectivity index (χ1) is 18.3. The van der Waals surface area contributed by atoms with Gasteiger partial charge in [0, 0.05) is 27.9 Å². The number of thioether (sulfide) groups is 2. The van der Waals surface area contributed by atoms with E-state index in [0.717, 1.165) is 20.3 Å². The van der Waals surface area contributed by atoms with E-state index in [4.69, 9.17) is 0 Å². The molecule has 12 nitrogen and oxygen atoms in total. The summed E-state index contributed by atoms with van der Waals surface area (Å²) in [4.78, 5) is 35.5. The molecule has 196 valence electrons. The number of rotatable bonds is 11. The van der Waals surface area contributed by atoms with E-state index >= 15 is 0 Å². The Morgan fingerprint density at radius 3 is 2.47 bits per heavy atom. The number of non-ortho nitro benzene ring substituents is 1. The zero-order chi connectivity index (χ0) is 27.1. The molecule has 0 saturated carbocycles. The van der Waals surface area contributed by atoms with E-state index in [1.165, 1.54) is 47.4 Å². The Kier molecular flexibility index (Phi) is 9.43. The van der Waals surface area contributed by atoms with Gasteiger partial charge in [-0.3, -0.25) is 29.6 Å². The number of nitro benzene ring substituents is 1. The molecule has 0 saturated heterocycles. The summed E-state index contributed by atoms with van der Waals surface area (Å²) >= 11 is 7.47. The largest absolute Gasteiger partial charge is 0.345 e. The summed E-state index contributed by atoms with van der Waals surface area (Å²) < 4.78 is 3.42. The number of halogens is 1. The number of carbonyl (C=O) groups excluding carboxylic acids is 2. The van der Waals surface area contributed by atoms with Crippen LogP contribution in [0.25, 0.3) is 5.69 Å². The van der Waals surface area contributed by atoms with Gasteiger partial charge in [0.1, 0.15) is 0 Å². The Labute approximate surface area is 237 Å². The first kappa shape index (κ1) is 27.7. The van der Waals surface area contributed by atoms with E-state index < -0.39 is 10.8 Å². The number of nitro groups is 1. The van der Waals surface area contributed by atoms with Gasteiger partial charge < -0.3 is 5.32 Å². The smallest absolute Gasteiger partial charge is 0.269 e. The highest BCUT2D eigenvalue weighted by atomic mass is 79.9. The fourth-order valence-corrected chi connectivity index (χ4v) is 5.78. The molecule has 0 radical (unpaired) electrons. The van der Waals surface area contributed by atoms with Crippen LogP contribution in [0.5, 0.6) is 0 Å². The Balaban J connectivity index is 1.46. The molecule has 2 N–H and O–H groups in total. The molecule has 2 heterocycles. The fraction of sp³-hybridized carbons (Fsp3) is 0.182. The highest BCUT2D eigenvalue weighted by Gasteiger charge is 2.18. The highest BCUT2D eigenvalue weighted by molar-refractivity contribution is 9.10. The van der Waals surface area contributed by atoms with Crippen LogP contribution in [0.4, 0.5) is 10.8 Å². The Morgan fingerprint density at radius 2 is 1.79 bits per heavy atom. The van der Waals surface area contributed by atoms with Gasteiger partial charge in [-0.05, 0) is 42.2 Å². The predicted molar refractivity (Wildman–Crippen MR) is 149 cm³/mol. The second kappa shape index (κ2) is 12.9. The number of amides is 2. The zero-order valence-electron chi connectivity index (χ0n) is 19.7. The van der Waals surface area contributed by atoms with Gasteiger partial charge in [0.15, 0.2) is 15.3 Å². The fourth-order valence-electron chi connectivity index (χ4n) is 3.08. The zero-order valence-corrected chi connectivity index (χ0v) is 23.7. The minimum Gasteiger partial charge on any atom is -0.345 e. The molecule has 0 aliphatic heterocycles. The summed E-state index contributed by atoms with van der Waals surface area (Å²) in [5.41, 5.74) is 0.911. The Bertz CT molecular complexity index is 1440. The highest BCUT2D eigenvalue weighted by Crippen LogP contribution is 2.26. The molecule has 0 unspecified atom stereocenters. The third kappa shape index (κ3) is 7.15. The molecule has 2 amide bonds. The van der Waals surface area contributed by atoms with Gasteiger partial charge in [-0.25, -0.2) is 0 Å². The number of hydrogen-bond acceptors (Lipinski definition) is 11. The van der Waals surface area contributed by atoms with Crippen molar-refractivity contribution in [3.63, 3.8) is 0 Å². The van der Waals surface area contributed by atoms with Crippen molar-refractivity contribution in [2.75, 3.05) is 16.8 Å². The normalized spacial score (nSPS) is 10.8. The van der Waals surface area contributed by atoms with Gasteiger partial charge in [0.2, 0.25) is 11.0 Å². The van der Waals surface area contributed by atoms with E-state index in [-0.39, 0.29) is 29.5 Å². The molecule has 0 aliphatic rings. The molecule has 2 aromatic carbocycles. The van der Waals surface area contributed by atoms with Crippen molar-refractivity contribution in [3.8, 4) is 5.69 Å². The monoisotopic (exact) mass is 634 g/mol. The lowest BCUT2D eigenvalue weighted by molar-refractivity contribution is -0.384. The van der Waals surface area contributed by atoms with Crippen molar-refractivity contribution < 1.29 is 14.5 Å². The van der Waals surface area contributed by atoms with E-state index in [9.17, 15) is 19.7 Å². The van der Waals surface area contributed by atoms with E-state index in [2.05, 4.69) is 47.0 Å². The summed E-state index contributed by atoms with van der Waals surface area (Å²) in [5, 5.41) is 33.7. The van der Waals surface area contributed by atoms with Crippen LogP contribution in [0.2, 0.25) is 0 Å². The molecule has 2 aromatic heterocycles. The van der Waals surface area contributed by atoms with Gasteiger partial charge in [-0.1, -0.05) is 57.7 Å². The SMILES string of the molecule is CCSc1nnc(NC(=O)CSc2nnc(CNC(=O)c3ccc([N+](=O)[O-])cc3)n2-c2ccc(Br)cc2)s1. The standard InChI is InChI=1S/C22H19BrN8O4S3/c1-2-36-22-29-27-20(38-22)25-18(32)12-37-21-28-26-17(30(21)15-9-5-14(23)6-10-15)11-24-19(33)13-3-7-16(8-4-13)31(34)35/h3-10H,2,11-12H2,1H3,(H,24,33)(H,25,27,32). The Morgan fingerprint density at radius 1 is 1.05 bits per heavy atom. The van der Waals surface area contributed by atoms with E-state index in [0.29, 0.717) is 16.1 Å². The second-order valence-corrected chi connectivity index (χ2v) is 11.7. The molecule has 4 aromatic rings. The maximum atomic E-state index is 12.6. The number of hydrogen-bond donors (Lipinski definition) is 2. The number of carbonyl (C=O) groups is 2. The van der Waals surface area contributed by atoms with Crippen molar-refractivity contribution in [1.29, 1.82) is 0 Å². The molecule has 0 bridgehead atoms. The molecular weight excluding hydrogens is 616 g/mol. The maximum absolute atomic E-state index is 12.6. The van der Waals surface area contributed by atoms with Crippen LogP contribution in [-0.2, 0) is 11.3 Å². The quantitative estimate of drug-likeness (QED) is 0.104. The minimum atomic E-state index is -0.529. The van der Waals surface area contributed by atoms with Gasteiger partial charge in [-0.15, -0.1) is 20.4 Å². The van der Waals surface area contributed by atoms with Gasteiger partial charge in [0.05, 0.1) is 17.2 Å². The first-order valence-electron chi connectivity index (χ1n) is 11.0. The van der Waals surface area contributed by atoms with Crippen LogP contribution in [0, 0.1) is 10.1 Å². The van der Waals surface area contributed by atoms with Crippen LogP contribution in [0.15, 0.2) is 62.5 Å². The molecular formula is C22H19BrN8O4S3. The first-order valence-corrected chi connectivity index (χ1v) is 14.5. The summed E-state index contributed by atoms with van der Waals surface area (Å²) in [6.45, 7) is 2.05. The van der Waals surface area contributed by atoms with Crippen LogP contribution < -0.4 is 10.6 Å². The van der Waals surface area contributed by atoms with Crippen LogP contribution in [-0.4, -0.2) is 53.2 Å². The lowest BCUT2D eigenvalue weighted by atomic mass is 10.2. The van der Waals surface area contributed by atoms with Crippen LogP contribution >= 0.6 is 50.8 Å². The second-order valence-electron chi connectivity index (χ2n) is 7.34. The van der Waals surface area contributed by atoms with Gasteiger partial charge >= 0.3 is 0 Å². The van der Waals surface area contributed by atoms with Crippen molar-refractivity contribution in [3.05, 3.63) is 74.5 Å². The molecule has 4 rings (SSSR count). The maximum Gasteiger partial charge on any atom is 0.269 e. The lowest BCUT2D eigenvalue weighted by Gasteiger charge is -2.11. The number of nitrogens with zero attached hydrogens (tertiary/aromatic N) is 6. The molecule has 0 spiro atoms. The Hall–Kier alpha value is -3.34. The van der Waals surface area contributed by atoms with E-state index in [1.54, 1.807) is 16.3 Å². The average Bonchev–Trinajstić information content (AvgIpc) is 3.53. The van der Waals surface area contributed by atoms with Crippen LogP contribution in [0.3, 0.4) is 0 Å². The number of benzene rings is 2. The number of aromatic nitrogens is 5. The van der Waals surface area contributed by atoms with Gasteiger partial charge in [-0.2, -0.15) is 0 Å². The van der Waals surface area contributed by atoms with Crippen molar-refractivity contribution in [2.24, 2.45) is 0 Å². The van der Waals surface area contributed by atoms with Crippen molar-refractivity contribution in [1.82, 2.24) is 30.3 Å². The molecule has 0 aliphatic carbocycles. The molecule has 16 heteroatoms.